The highest BCUT2D eigenvalue weighted by molar-refractivity contribution is 7.09. The van der Waals surface area contributed by atoms with E-state index in [1.807, 2.05) is 23.6 Å². The van der Waals surface area contributed by atoms with Crippen LogP contribution in [-0.4, -0.2) is 24.0 Å². The summed E-state index contributed by atoms with van der Waals surface area (Å²) >= 11 is 1.63. The second kappa shape index (κ2) is 6.55. The van der Waals surface area contributed by atoms with Crippen molar-refractivity contribution in [3.05, 3.63) is 45.9 Å². The Morgan fingerprint density at radius 2 is 2.12 bits per heavy atom. The van der Waals surface area contributed by atoms with Gasteiger partial charge in [0.05, 0.1) is 24.2 Å². The molecule has 1 aromatic carbocycles. The highest BCUT2D eigenvalue weighted by Gasteiger charge is 2.41. The van der Waals surface area contributed by atoms with E-state index < -0.39 is 0 Å². The number of carbonyl (C=O) groups excluding carboxylic acids is 1. The SMILES string of the molecule is COc1ccccc1C1CC1NC(=O)Cc1csc(C(C)(C)C)n1. The van der Waals surface area contributed by atoms with E-state index in [2.05, 4.69) is 37.1 Å². The number of hydrogen-bond donors (Lipinski definition) is 1. The Balaban J connectivity index is 1.56. The van der Waals surface area contributed by atoms with Crippen LogP contribution in [0.2, 0.25) is 0 Å². The summed E-state index contributed by atoms with van der Waals surface area (Å²) in [7, 11) is 1.68. The molecule has 1 amide bonds. The standard InChI is InChI=1S/C19H24N2O2S/c1-19(2,3)18-20-12(11-24-18)9-17(22)21-15-10-14(15)13-7-5-6-8-16(13)23-4/h5-8,11,14-15H,9-10H2,1-4H3,(H,21,22). The average Bonchev–Trinajstić information content (AvgIpc) is 3.10. The molecule has 0 aliphatic heterocycles. The van der Waals surface area contributed by atoms with Gasteiger partial charge in [-0.3, -0.25) is 4.79 Å². The fourth-order valence-corrected chi connectivity index (χ4v) is 3.73. The van der Waals surface area contributed by atoms with E-state index in [4.69, 9.17) is 4.74 Å². The van der Waals surface area contributed by atoms with Crippen LogP contribution in [0, 0.1) is 0 Å². The minimum Gasteiger partial charge on any atom is -0.496 e. The minimum atomic E-state index is 0.0326. The van der Waals surface area contributed by atoms with E-state index >= 15 is 0 Å². The van der Waals surface area contributed by atoms with Crippen LogP contribution in [0.1, 0.15) is 49.4 Å². The van der Waals surface area contributed by atoms with Crippen molar-refractivity contribution in [1.29, 1.82) is 0 Å². The third-order valence-electron chi connectivity index (χ3n) is 4.21. The molecule has 1 aliphatic rings. The van der Waals surface area contributed by atoms with Crippen LogP contribution in [0.15, 0.2) is 29.6 Å². The number of thiazole rings is 1. The number of hydrogen-bond acceptors (Lipinski definition) is 4. The van der Waals surface area contributed by atoms with Crippen molar-refractivity contribution in [3.63, 3.8) is 0 Å². The van der Waals surface area contributed by atoms with Crippen LogP contribution < -0.4 is 10.1 Å². The van der Waals surface area contributed by atoms with Crippen molar-refractivity contribution in [3.8, 4) is 5.75 Å². The molecule has 1 heterocycles. The number of aromatic nitrogens is 1. The van der Waals surface area contributed by atoms with E-state index in [-0.39, 0.29) is 17.4 Å². The Morgan fingerprint density at radius 1 is 1.38 bits per heavy atom. The quantitative estimate of drug-likeness (QED) is 0.900. The molecule has 0 saturated heterocycles. The Bertz CT molecular complexity index is 733. The second-order valence-corrected chi connectivity index (χ2v) is 8.19. The molecule has 2 unspecified atom stereocenters. The zero-order valence-electron chi connectivity index (χ0n) is 14.6. The number of benzene rings is 1. The average molecular weight is 344 g/mol. The third kappa shape index (κ3) is 3.78. The van der Waals surface area contributed by atoms with Gasteiger partial charge in [-0.05, 0) is 18.1 Å². The highest BCUT2D eigenvalue weighted by Crippen LogP contribution is 2.44. The lowest BCUT2D eigenvalue weighted by molar-refractivity contribution is -0.120. The van der Waals surface area contributed by atoms with Gasteiger partial charge < -0.3 is 10.1 Å². The smallest absolute Gasteiger partial charge is 0.226 e. The van der Waals surface area contributed by atoms with Crippen molar-refractivity contribution in [2.75, 3.05) is 7.11 Å². The van der Waals surface area contributed by atoms with Crippen molar-refractivity contribution in [2.45, 2.75) is 51.0 Å². The molecule has 0 spiro atoms. The van der Waals surface area contributed by atoms with E-state index in [9.17, 15) is 4.79 Å². The first-order chi connectivity index (χ1) is 11.4. The van der Waals surface area contributed by atoms with Crippen LogP contribution >= 0.6 is 11.3 Å². The molecule has 2 atom stereocenters. The lowest BCUT2D eigenvalue weighted by Crippen LogP contribution is -2.28. The Labute approximate surface area is 147 Å². The number of methoxy groups -OCH3 is 1. The number of amides is 1. The maximum atomic E-state index is 12.3. The predicted molar refractivity (Wildman–Crippen MR) is 96.8 cm³/mol. The van der Waals surface area contributed by atoms with Gasteiger partial charge in [-0.25, -0.2) is 4.98 Å². The van der Waals surface area contributed by atoms with Crippen LogP contribution in [-0.2, 0) is 16.6 Å². The third-order valence-corrected chi connectivity index (χ3v) is 5.53. The Kier molecular flexibility index (Phi) is 4.63. The molecule has 1 fully saturated rings. The number of carbonyl (C=O) groups is 1. The fourth-order valence-electron chi connectivity index (χ4n) is 2.83. The van der Waals surface area contributed by atoms with E-state index in [1.54, 1.807) is 18.4 Å². The fraction of sp³-hybridized carbons (Fsp3) is 0.474. The van der Waals surface area contributed by atoms with Crippen LogP contribution in [0.3, 0.4) is 0 Å². The monoisotopic (exact) mass is 344 g/mol. The molecular weight excluding hydrogens is 320 g/mol. The summed E-state index contributed by atoms with van der Waals surface area (Å²) in [6, 6.07) is 8.22. The van der Waals surface area contributed by atoms with Gasteiger partial charge in [-0.15, -0.1) is 11.3 Å². The van der Waals surface area contributed by atoms with Gasteiger partial charge in [0.25, 0.3) is 0 Å². The van der Waals surface area contributed by atoms with Gasteiger partial charge >= 0.3 is 0 Å². The molecule has 1 saturated carbocycles. The van der Waals surface area contributed by atoms with Crippen molar-refractivity contribution >= 4 is 17.2 Å². The lowest BCUT2D eigenvalue weighted by atomic mass is 9.98. The lowest BCUT2D eigenvalue weighted by Gasteiger charge is -2.13. The van der Waals surface area contributed by atoms with Crippen molar-refractivity contribution < 1.29 is 9.53 Å². The van der Waals surface area contributed by atoms with E-state index in [1.165, 1.54) is 5.56 Å². The predicted octanol–water partition coefficient (Wildman–Crippen LogP) is 3.66. The maximum Gasteiger partial charge on any atom is 0.226 e. The number of nitrogens with zero attached hydrogens (tertiary/aromatic N) is 1. The molecule has 1 aliphatic carbocycles. The van der Waals surface area contributed by atoms with E-state index in [0.717, 1.165) is 22.9 Å². The molecular formula is C19H24N2O2S. The van der Waals surface area contributed by atoms with Gasteiger partial charge in [0.1, 0.15) is 5.75 Å². The molecule has 3 rings (SSSR count). The summed E-state index contributed by atoms with van der Waals surface area (Å²) in [5.74, 6) is 1.29. The normalized spacial score (nSPS) is 19.8. The maximum absolute atomic E-state index is 12.3. The van der Waals surface area contributed by atoms with Crippen molar-refractivity contribution in [2.24, 2.45) is 0 Å². The molecule has 0 radical (unpaired) electrons. The number of ether oxygens (including phenoxy) is 1. The summed E-state index contributed by atoms with van der Waals surface area (Å²) in [4.78, 5) is 16.9. The summed E-state index contributed by atoms with van der Waals surface area (Å²) in [5.41, 5.74) is 2.07. The zero-order chi connectivity index (χ0) is 17.3. The van der Waals surface area contributed by atoms with Gasteiger partial charge in [0.15, 0.2) is 0 Å². The molecule has 1 N–H and O–H groups in total. The zero-order valence-corrected chi connectivity index (χ0v) is 15.4. The number of nitrogens with one attached hydrogen (secondary N) is 1. The van der Waals surface area contributed by atoms with Crippen LogP contribution in [0.25, 0.3) is 0 Å². The summed E-state index contributed by atoms with van der Waals surface area (Å²) in [6.45, 7) is 6.41. The first kappa shape index (κ1) is 17.0. The molecule has 1 aromatic heterocycles. The summed E-state index contributed by atoms with van der Waals surface area (Å²) in [5, 5.41) is 6.18. The Hall–Kier alpha value is -1.88. The minimum absolute atomic E-state index is 0.0326. The number of para-hydroxylation sites is 1. The first-order valence-corrected chi connectivity index (χ1v) is 9.13. The molecule has 128 valence electrons. The first-order valence-electron chi connectivity index (χ1n) is 8.25. The van der Waals surface area contributed by atoms with Crippen LogP contribution in [0.4, 0.5) is 0 Å². The molecule has 24 heavy (non-hydrogen) atoms. The second-order valence-electron chi connectivity index (χ2n) is 7.33. The largest absolute Gasteiger partial charge is 0.496 e. The van der Waals surface area contributed by atoms with Gasteiger partial charge in [0, 0.05) is 22.8 Å². The topological polar surface area (TPSA) is 51.2 Å². The number of rotatable bonds is 5. The molecule has 5 heteroatoms. The van der Waals surface area contributed by atoms with Crippen LogP contribution in [0.5, 0.6) is 5.75 Å². The summed E-state index contributed by atoms with van der Waals surface area (Å²) < 4.78 is 5.41. The van der Waals surface area contributed by atoms with Crippen molar-refractivity contribution in [1.82, 2.24) is 10.3 Å². The summed E-state index contributed by atoms with van der Waals surface area (Å²) in [6.07, 6.45) is 1.32. The Morgan fingerprint density at radius 3 is 2.79 bits per heavy atom. The van der Waals surface area contributed by atoms with Gasteiger partial charge in [0.2, 0.25) is 5.91 Å². The molecule has 4 nitrogen and oxygen atoms in total. The molecule has 0 bridgehead atoms. The molecule has 2 aromatic rings. The van der Waals surface area contributed by atoms with Gasteiger partial charge in [-0.2, -0.15) is 0 Å². The highest BCUT2D eigenvalue weighted by atomic mass is 32.1. The van der Waals surface area contributed by atoms with Gasteiger partial charge in [-0.1, -0.05) is 39.0 Å². The van der Waals surface area contributed by atoms with E-state index in [0.29, 0.717) is 12.3 Å².